The summed E-state index contributed by atoms with van der Waals surface area (Å²) in [5.41, 5.74) is 8.30. The number of piperidine rings is 2. The van der Waals surface area contributed by atoms with E-state index in [4.69, 9.17) is 5.73 Å². The first-order valence-electron chi connectivity index (χ1n) is 9.00. The van der Waals surface area contributed by atoms with Gasteiger partial charge in [0.15, 0.2) is 0 Å². The lowest BCUT2D eigenvalue weighted by Crippen LogP contribution is -2.49. The molecular weight excluding hydrogens is 286 g/mol. The normalized spacial score (nSPS) is 22.1. The zero-order chi connectivity index (χ0) is 16.2. The molecule has 2 fully saturated rings. The molecule has 0 bridgehead atoms. The molecule has 1 atom stereocenters. The standard InChI is InChI=1S/C19H29N3O/c1-15-5-7-16(8-6-15)18(20)19(23)22-13-9-17(10-14-22)21-11-3-2-4-12-21/h5-8,17-18H,2-4,9-14,20H2,1H3. The van der Waals surface area contributed by atoms with Crippen molar-refractivity contribution in [1.82, 2.24) is 9.80 Å². The van der Waals surface area contributed by atoms with Gasteiger partial charge in [0.25, 0.3) is 0 Å². The number of nitrogens with zero attached hydrogens (tertiary/aromatic N) is 2. The lowest BCUT2D eigenvalue weighted by Gasteiger charge is -2.40. The van der Waals surface area contributed by atoms with Gasteiger partial charge in [-0.3, -0.25) is 4.79 Å². The zero-order valence-corrected chi connectivity index (χ0v) is 14.2. The van der Waals surface area contributed by atoms with Gasteiger partial charge in [-0.2, -0.15) is 0 Å². The van der Waals surface area contributed by atoms with Crippen molar-refractivity contribution in [2.24, 2.45) is 5.73 Å². The van der Waals surface area contributed by atoms with Crippen LogP contribution in [0.2, 0.25) is 0 Å². The number of benzene rings is 1. The van der Waals surface area contributed by atoms with E-state index in [1.807, 2.05) is 36.1 Å². The lowest BCUT2D eigenvalue weighted by atomic mass is 9.98. The van der Waals surface area contributed by atoms with E-state index < -0.39 is 6.04 Å². The van der Waals surface area contributed by atoms with Crippen molar-refractivity contribution in [1.29, 1.82) is 0 Å². The van der Waals surface area contributed by atoms with Crippen LogP contribution in [0.25, 0.3) is 0 Å². The Morgan fingerprint density at radius 1 is 1.04 bits per heavy atom. The van der Waals surface area contributed by atoms with Gasteiger partial charge in [-0.05, 0) is 51.3 Å². The molecule has 1 aromatic rings. The van der Waals surface area contributed by atoms with Crippen LogP contribution in [0.4, 0.5) is 0 Å². The minimum atomic E-state index is -0.526. The molecule has 1 aromatic carbocycles. The van der Waals surface area contributed by atoms with Crippen molar-refractivity contribution in [2.45, 2.75) is 51.1 Å². The van der Waals surface area contributed by atoms with E-state index in [0.717, 1.165) is 31.5 Å². The number of aryl methyl sites for hydroxylation is 1. The fourth-order valence-electron chi connectivity index (χ4n) is 3.85. The third-order valence-corrected chi connectivity index (χ3v) is 5.39. The average Bonchev–Trinajstić information content (AvgIpc) is 2.62. The van der Waals surface area contributed by atoms with Gasteiger partial charge in [0.05, 0.1) is 0 Å². The topological polar surface area (TPSA) is 49.6 Å². The predicted molar refractivity (Wildman–Crippen MR) is 93.1 cm³/mol. The van der Waals surface area contributed by atoms with Gasteiger partial charge >= 0.3 is 0 Å². The van der Waals surface area contributed by atoms with E-state index in [1.54, 1.807) is 0 Å². The minimum absolute atomic E-state index is 0.0750. The Kier molecular flexibility index (Phi) is 5.34. The van der Waals surface area contributed by atoms with Crippen molar-refractivity contribution in [3.63, 3.8) is 0 Å². The molecule has 2 heterocycles. The molecule has 0 radical (unpaired) electrons. The predicted octanol–water partition coefficient (Wildman–Crippen LogP) is 2.47. The quantitative estimate of drug-likeness (QED) is 0.932. The molecule has 126 valence electrons. The average molecular weight is 315 g/mol. The second-order valence-corrected chi connectivity index (χ2v) is 7.04. The number of likely N-dealkylation sites (tertiary alicyclic amines) is 2. The maximum Gasteiger partial charge on any atom is 0.244 e. The number of amides is 1. The smallest absolute Gasteiger partial charge is 0.244 e. The van der Waals surface area contributed by atoms with Crippen LogP contribution >= 0.6 is 0 Å². The lowest BCUT2D eigenvalue weighted by molar-refractivity contribution is -0.134. The Morgan fingerprint density at radius 2 is 1.65 bits per heavy atom. The molecule has 2 aliphatic rings. The molecule has 3 rings (SSSR count). The molecule has 2 aliphatic heterocycles. The Labute approximate surface area is 139 Å². The summed E-state index contributed by atoms with van der Waals surface area (Å²) < 4.78 is 0. The SMILES string of the molecule is Cc1ccc(C(N)C(=O)N2CCC(N3CCCCC3)CC2)cc1. The van der Waals surface area contributed by atoms with Gasteiger partial charge in [-0.1, -0.05) is 36.2 Å². The second kappa shape index (κ2) is 7.45. The summed E-state index contributed by atoms with van der Waals surface area (Å²) in [7, 11) is 0. The van der Waals surface area contributed by atoms with Crippen molar-refractivity contribution in [3.05, 3.63) is 35.4 Å². The fraction of sp³-hybridized carbons (Fsp3) is 0.632. The number of rotatable bonds is 3. The Balaban J connectivity index is 1.54. The fourth-order valence-corrected chi connectivity index (χ4v) is 3.85. The molecule has 1 amide bonds. The van der Waals surface area contributed by atoms with Gasteiger partial charge in [0.2, 0.25) is 5.91 Å². The van der Waals surface area contributed by atoms with Crippen LogP contribution in [0.5, 0.6) is 0 Å². The van der Waals surface area contributed by atoms with Crippen molar-refractivity contribution in [2.75, 3.05) is 26.2 Å². The highest BCUT2D eigenvalue weighted by atomic mass is 16.2. The van der Waals surface area contributed by atoms with Crippen LogP contribution in [-0.4, -0.2) is 47.9 Å². The van der Waals surface area contributed by atoms with Crippen molar-refractivity contribution >= 4 is 5.91 Å². The first-order valence-corrected chi connectivity index (χ1v) is 9.00. The Hall–Kier alpha value is -1.39. The Bertz CT molecular complexity index is 514. The summed E-state index contributed by atoms with van der Waals surface area (Å²) in [6.45, 7) is 6.21. The molecule has 23 heavy (non-hydrogen) atoms. The molecular formula is C19H29N3O. The van der Waals surface area contributed by atoms with Crippen LogP contribution in [0.1, 0.15) is 49.3 Å². The number of hydrogen-bond acceptors (Lipinski definition) is 3. The van der Waals surface area contributed by atoms with Crippen LogP contribution in [-0.2, 0) is 4.79 Å². The number of nitrogens with two attached hydrogens (primary N) is 1. The van der Waals surface area contributed by atoms with Crippen LogP contribution in [0.3, 0.4) is 0 Å². The summed E-state index contributed by atoms with van der Waals surface area (Å²) >= 11 is 0. The van der Waals surface area contributed by atoms with E-state index in [2.05, 4.69) is 4.90 Å². The largest absolute Gasteiger partial charge is 0.341 e. The first kappa shape index (κ1) is 16.5. The molecule has 0 spiro atoms. The summed E-state index contributed by atoms with van der Waals surface area (Å²) in [5, 5.41) is 0. The van der Waals surface area contributed by atoms with Crippen LogP contribution in [0, 0.1) is 6.92 Å². The summed E-state index contributed by atoms with van der Waals surface area (Å²) in [4.78, 5) is 17.2. The van der Waals surface area contributed by atoms with Crippen LogP contribution in [0.15, 0.2) is 24.3 Å². The van der Waals surface area contributed by atoms with Gasteiger partial charge in [-0.15, -0.1) is 0 Å². The van der Waals surface area contributed by atoms with Gasteiger partial charge in [0, 0.05) is 19.1 Å². The van der Waals surface area contributed by atoms with E-state index in [1.165, 1.54) is 37.9 Å². The summed E-state index contributed by atoms with van der Waals surface area (Å²) in [6.07, 6.45) is 6.22. The van der Waals surface area contributed by atoms with E-state index in [-0.39, 0.29) is 5.91 Å². The maximum absolute atomic E-state index is 12.7. The molecule has 0 aromatic heterocycles. The van der Waals surface area contributed by atoms with Crippen molar-refractivity contribution in [3.8, 4) is 0 Å². The maximum atomic E-state index is 12.7. The molecule has 1 unspecified atom stereocenters. The third-order valence-electron chi connectivity index (χ3n) is 5.39. The monoisotopic (exact) mass is 315 g/mol. The molecule has 4 heteroatoms. The first-order chi connectivity index (χ1) is 11.1. The third kappa shape index (κ3) is 3.93. The van der Waals surface area contributed by atoms with Gasteiger partial charge in [-0.25, -0.2) is 0 Å². The number of carbonyl (C=O) groups excluding carboxylic acids is 1. The van der Waals surface area contributed by atoms with E-state index in [0.29, 0.717) is 6.04 Å². The number of hydrogen-bond donors (Lipinski definition) is 1. The molecule has 2 saturated heterocycles. The molecule has 0 saturated carbocycles. The zero-order valence-electron chi connectivity index (χ0n) is 14.2. The highest BCUT2D eigenvalue weighted by Gasteiger charge is 2.30. The van der Waals surface area contributed by atoms with Crippen LogP contribution < -0.4 is 5.73 Å². The van der Waals surface area contributed by atoms with Gasteiger partial charge < -0.3 is 15.5 Å². The second-order valence-electron chi connectivity index (χ2n) is 7.04. The summed E-state index contributed by atoms with van der Waals surface area (Å²) in [5.74, 6) is 0.0750. The highest BCUT2D eigenvalue weighted by molar-refractivity contribution is 5.83. The number of carbonyl (C=O) groups is 1. The van der Waals surface area contributed by atoms with E-state index in [9.17, 15) is 4.79 Å². The van der Waals surface area contributed by atoms with Crippen molar-refractivity contribution < 1.29 is 4.79 Å². The molecule has 4 nitrogen and oxygen atoms in total. The van der Waals surface area contributed by atoms with E-state index >= 15 is 0 Å². The summed E-state index contributed by atoms with van der Waals surface area (Å²) in [6, 6.07) is 8.12. The molecule has 2 N–H and O–H groups in total. The molecule has 0 aliphatic carbocycles. The minimum Gasteiger partial charge on any atom is -0.341 e. The Morgan fingerprint density at radius 3 is 2.26 bits per heavy atom. The van der Waals surface area contributed by atoms with Gasteiger partial charge in [0.1, 0.15) is 6.04 Å². The highest BCUT2D eigenvalue weighted by Crippen LogP contribution is 2.23.